The molecule has 0 aliphatic carbocycles. The molecule has 1 heterocycles. The zero-order valence-electron chi connectivity index (χ0n) is 9.78. The highest BCUT2D eigenvalue weighted by Crippen LogP contribution is 2.07. The molecule has 0 radical (unpaired) electrons. The Kier molecular flexibility index (Phi) is 6.36. The van der Waals surface area contributed by atoms with E-state index in [0.29, 0.717) is 12.5 Å². The van der Waals surface area contributed by atoms with Crippen LogP contribution in [0.25, 0.3) is 0 Å². The lowest BCUT2D eigenvalue weighted by molar-refractivity contribution is -0.150. The third-order valence-electron chi connectivity index (χ3n) is 2.23. The van der Waals surface area contributed by atoms with Gasteiger partial charge in [-0.05, 0) is 12.8 Å². The van der Waals surface area contributed by atoms with E-state index in [-0.39, 0.29) is 42.9 Å². The fourth-order valence-electron chi connectivity index (χ4n) is 1.30. The maximum absolute atomic E-state index is 11.5. The summed E-state index contributed by atoms with van der Waals surface area (Å²) in [6.07, 6.45) is -0.294. The van der Waals surface area contributed by atoms with Gasteiger partial charge in [-0.3, -0.25) is 14.9 Å². The molecule has 0 bridgehead atoms. The molecular formula is C10H19ClN2O3. The number of amides is 1. The van der Waals surface area contributed by atoms with Crippen molar-refractivity contribution in [3.05, 3.63) is 0 Å². The Morgan fingerprint density at radius 2 is 2.12 bits per heavy atom. The maximum atomic E-state index is 11.5. The molecule has 1 amide bonds. The van der Waals surface area contributed by atoms with Crippen molar-refractivity contribution in [1.82, 2.24) is 10.6 Å². The molecule has 0 spiro atoms. The van der Waals surface area contributed by atoms with E-state index in [9.17, 15) is 9.59 Å². The lowest BCUT2D eigenvalue weighted by atomic mass is 10.1. The predicted octanol–water partition coefficient (Wildman–Crippen LogP) is 0.289. The minimum absolute atomic E-state index is 0. The van der Waals surface area contributed by atoms with Crippen LogP contribution in [0, 0.1) is 11.8 Å². The molecule has 0 aromatic rings. The lowest BCUT2D eigenvalue weighted by Gasteiger charge is -2.18. The molecule has 2 unspecified atom stereocenters. The molecular weight excluding hydrogens is 232 g/mol. The van der Waals surface area contributed by atoms with Crippen LogP contribution < -0.4 is 10.6 Å². The molecule has 6 heteroatoms. The summed E-state index contributed by atoms with van der Waals surface area (Å²) in [7, 11) is 0. The van der Waals surface area contributed by atoms with Gasteiger partial charge in [0.15, 0.2) is 0 Å². The normalized spacial score (nSPS) is 21.2. The Morgan fingerprint density at radius 3 is 2.56 bits per heavy atom. The van der Waals surface area contributed by atoms with Gasteiger partial charge >= 0.3 is 5.97 Å². The fourth-order valence-corrected chi connectivity index (χ4v) is 1.30. The Bertz CT molecular complexity index is 258. The second kappa shape index (κ2) is 6.70. The van der Waals surface area contributed by atoms with Crippen molar-refractivity contribution in [2.24, 2.45) is 11.8 Å². The topological polar surface area (TPSA) is 67.4 Å². The molecule has 16 heavy (non-hydrogen) atoms. The van der Waals surface area contributed by atoms with Gasteiger partial charge in [-0.25, -0.2) is 0 Å². The van der Waals surface area contributed by atoms with E-state index in [1.54, 1.807) is 6.92 Å². The zero-order chi connectivity index (χ0) is 11.4. The lowest BCUT2D eigenvalue weighted by Crippen LogP contribution is -2.42. The van der Waals surface area contributed by atoms with Crippen LogP contribution in [0.3, 0.4) is 0 Å². The molecule has 5 nitrogen and oxygen atoms in total. The Hall–Kier alpha value is -0.810. The smallest absolute Gasteiger partial charge is 0.312 e. The summed E-state index contributed by atoms with van der Waals surface area (Å²) in [5.41, 5.74) is 0. The maximum Gasteiger partial charge on any atom is 0.312 e. The molecule has 1 aliphatic rings. The van der Waals surface area contributed by atoms with E-state index in [1.807, 2.05) is 13.8 Å². The average Bonchev–Trinajstić information content (AvgIpc) is 2.60. The van der Waals surface area contributed by atoms with Gasteiger partial charge in [-0.1, -0.05) is 13.8 Å². The van der Waals surface area contributed by atoms with Gasteiger partial charge in [0.2, 0.25) is 5.91 Å². The highest BCUT2D eigenvalue weighted by atomic mass is 35.5. The summed E-state index contributed by atoms with van der Waals surface area (Å²) < 4.78 is 5.08. The number of hydrogen-bond donors (Lipinski definition) is 2. The molecule has 1 rings (SSSR count). The molecule has 2 atom stereocenters. The van der Waals surface area contributed by atoms with Gasteiger partial charge in [0.1, 0.15) is 0 Å². The first-order chi connectivity index (χ1) is 7.00. The number of ether oxygens (including phenoxy) is 1. The van der Waals surface area contributed by atoms with Crippen molar-refractivity contribution < 1.29 is 14.3 Å². The number of carbonyl (C=O) groups excluding carboxylic acids is 2. The average molecular weight is 251 g/mol. The Labute approximate surface area is 102 Å². The number of esters is 1. The van der Waals surface area contributed by atoms with Crippen LogP contribution in [0.4, 0.5) is 0 Å². The van der Waals surface area contributed by atoms with Crippen molar-refractivity contribution in [2.75, 3.05) is 13.2 Å². The third-order valence-corrected chi connectivity index (χ3v) is 2.23. The quantitative estimate of drug-likeness (QED) is 0.704. The number of rotatable bonds is 4. The molecule has 94 valence electrons. The standard InChI is InChI=1S/C10H18N2O3.ClH/c1-6(2)5-15-10(14)7(3)9-11-4-8(13)12-9;/h6-7,9,11H,4-5H2,1-3H3,(H,12,13);1H. The largest absolute Gasteiger partial charge is 0.465 e. The SMILES string of the molecule is CC(C)COC(=O)C(C)C1NCC(=O)N1.Cl. The van der Waals surface area contributed by atoms with Crippen molar-refractivity contribution >= 4 is 24.3 Å². The van der Waals surface area contributed by atoms with Crippen LogP contribution in [0.2, 0.25) is 0 Å². The van der Waals surface area contributed by atoms with Crippen LogP contribution in [0.1, 0.15) is 20.8 Å². The van der Waals surface area contributed by atoms with Gasteiger partial charge in [0.05, 0.1) is 25.2 Å². The highest BCUT2D eigenvalue weighted by Gasteiger charge is 2.30. The summed E-state index contributed by atoms with van der Waals surface area (Å²) in [6.45, 7) is 6.39. The number of nitrogens with one attached hydrogen (secondary N) is 2. The van der Waals surface area contributed by atoms with Crippen LogP contribution in [0.15, 0.2) is 0 Å². The van der Waals surface area contributed by atoms with Gasteiger partial charge in [-0.2, -0.15) is 0 Å². The number of carbonyl (C=O) groups is 2. The van der Waals surface area contributed by atoms with E-state index in [4.69, 9.17) is 4.74 Å². The van der Waals surface area contributed by atoms with E-state index >= 15 is 0 Å². The van der Waals surface area contributed by atoms with Gasteiger partial charge in [-0.15, -0.1) is 12.4 Å². The van der Waals surface area contributed by atoms with Crippen LogP contribution in [0.5, 0.6) is 0 Å². The minimum atomic E-state index is -0.352. The van der Waals surface area contributed by atoms with Crippen molar-refractivity contribution in [3.8, 4) is 0 Å². The van der Waals surface area contributed by atoms with Crippen molar-refractivity contribution in [2.45, 2.75) is 26.9 Å². The zero-order valence-corrected chi connectivity index (χ0v) is 10.6. The van der Waals surface area contributed by atoms with Gasteiger partial charge < -0.3 is 10.1 Å². The van der Waals surface area contributed by atoms with Crippen LogP contribution >= 0.6 is 12.4 Å². The van der Waals surface area contributed by atoms with Crippen molar-refractivity contribution in [1.29, 1.82) is 0 Å². The third kappa shape index (κ3) is 4.37. The van der Waals surface area contributed by atoms with E-state index in [0.717, 1.165) is 0 Å². The van der Waals surface area contributed by atoms with Crippen LogP contribution in [-0.2, 0) is 14.3 Å². The summed E-state index contributed by atoms with van der Waals surface area (Å²) in [5, 5.41) is 5.58. The fraction of sp³-hybridized carbons (Fsp3) is 0.800. The molecule has 1 fully saturated rings. The number of halogens is 1. The van der Waals surface area contributed by atoms with Gasteiger partial charge in [0.25, 0.3) is 0 Å². The highest BCUT2D eigenvalue weighted by molar-refractivity contribution is 5.85. The predicted molar refractivity (Wildman–Crippen MR) is 62.1 cm³/mol. The second-order valence-electron chi connectivity index (χ2n) is 4.24. The van der Waals surface area contributed by atoms with E-state index < -0.39 is 0 Å². The first kappa shape index (κ1) is 15.2. The molecule has 1 aliphatic heterocycles. The summed E-state index contributed by atoms with van der Waals surface area (Å²) in [5.74, 6) is -0.380. The Balaban J connectivity index is 0.00000225. The first-order valence-electron chi connectivity index (χ1n) is 5.20. The summed E-state index contributed by atoms with van der Waals surface area (Å²) in [6, 6.07) is 0. The first-order valence-corrected chi connectivity index (χ1v) is 5.20. The van der Waals surface area contributed by atoms with E-state index in [2.05, 4.69) is 10.6 Å². The molecule has 2 N–H and O–H groups in total. The van der Waals surface area contributed by atoms with E-state index in [1.165, 1.54) is 0 Å². The van der Waals surface area contributed by atoms with Gasteiger partial charge in [0, 0.05) is 0 Å². The molecule has 0 aromatic carbocycles. The minimum Gasteiger partial charge on any atom is -0.465 e. The summed E-state index contributed by atoms with van der Waals surface area (Å²) in [4.78, 5) is 22.4. The monoisotopic (exact) mass is 250 g/mol. The Morgan fingerprint density at radius 1 is 1.50 bits per heavy atom. The second-order valence-corrected chi connectivity index (χ2v) is 4.24. The number of hydrogen-bond acceptors (Lipinski definition) is 4. The summed E-state index contributed by atoms with van der Waals surface area (Å²) >= 11 is 0. The molecule has 1 saturated heterocycles. The van der Waals surface area contributed by atoms with Crippen LogP contribution in [-0.4, -0.2) is 31.2 Å². The molecule has 0 aromatic heterocycles. The van der Waals surface area contributed by atoms with Crippen molar-refractivity contribution in [3.63, 3.8) is 0 Å². The molecule has 0 saturated carbocycles.